The third-order valence-electron chi connectivity index (χ3n) is 1.90. The van der Waals surface area contributed by atoms with E-state index in [1.165, 1.54) is 18.2 Å². The molecule has 0 N–H and O–H groups in total. The predicted octanol–water partition coefficient (Wildman–Crippen LogP) is 1.69. The van der Waals surface area contributed by atoms with E-state index in [4.69, 9.17) is 10.1 Å². The summed E-state index contributed by atoms with van der Waals surface area (Å²) in [6.45, 7) is 0.317. The molecule has 14 heavy (non-hydrogen) atoms. The van der Waals surface area contributed by atoms with Gasteiger partial charge in [-0.2, -0.15) is 10.3 Å². The second kappa shape index (κ2) is 4.70. The van der Waals surface area contributed by atoms with Crippen LogP contribution in [-0.4, -0.2) is 19.2 Å². The molecule has 0 saturated carbocycles. The molecule has 0 aliphatic heterocycles. The monoisotopic (exact) mass is 194 g/mol. The minimum absolute atomic E-state index is 0.0620. The summed E-state index contributed by atoms with van der Waals surface area (Å²) < 4.78 is 13.5. The van der Waals surface area contributed by atoms with Crippen LogP contribution in [0.5, 0.6) is 0 Å². The predicted molar refractivity (Wildman–Crippen MR) is 49.6 cm³/mol. The van der Waals surface area contributed by atoms with Gasteiger partial charge in [0.1, 0.15) is 11.9 Å². The summed E-state index contributed by atoms with van der Waals surface area (Å²) in [6, 6.07) is 6.53. The Hall–Kier alpha value is -1.44. The molecule has 0 saturated heterocycles. The molecule has 0 radical (unpaired) electrons. The molecule has 0 unspecified atom stereocenters. The normalized spacial score (nSPS) is 10.2. The Morgan fingerprint density at radius 2 is 2.29 bits per heavy atom. The maximum absolute atomic E-state index is 13.5. The lowest BCUT2D eigenvalue weighted by Crippen LogP contribution is -2.16. The Morgan fingerprint density at radius 3 is 2.86 bits per heavy atom. The van der Waals surface area contributed by atoms with E-state index >= 15 is 0 Å². The molecule has 4 heteroatoms. The van der Waals surface area contributed by atoms with Crippen LogP contribution >= 0.6 is 0 Å². The molecule has 0 aliphatic carbocycles. The van der Waals surface area contributed by atoms with Gasteiger partial charge in [-0.15, -0.1) is 0 Å². The van der Waals surface area contributed by atoms with Gasteiger partial charge in [0, 0.05) is 12.6 Å². The zero-order chi connectivity index (χ0) is 10.6. The lowest BCUT2D eigenvalue weighted by molar-refractivity contribution is -0.117. The maximum atomic E-state index is 13.5. The zero-order valence-electron chi connectivity index (χ0n) is 8.12. The van der Waals surface area contributed by atoms with E-state index in [0.29, 0.717) is 12.1 Å². The van der Waals surface area contributed by atoms with Crippen LogP contribution in [0.2, 0.25) is 0 Å². The van der Waals surface area contributed by atoms with Gasteiger partial charge in [-0.25, -0.2) is 4.39 Å². The third-order valence-corrected chi connectivity index (χ3v) is 1.90. The molecule has 1 rings (SSSR count). The second-order valence-corrected chi connectivity index (χ2v) is 2.86. The van der Waals surface area contributed by atoms with Crippen LogP contribution in [0.15, 0.2) is 18.2 Å². The van der Waals surface area contributed by atoms with E-state index in [-0.39, 0.29) is 5.56 Å². The van der Waals surface area contributed by atoms with Crippen LogP contribution in [0.25, 0.3) is 0 Å². The lowest BCUT2D eigenvalue weighted by atomic mass is 10.1. The minimum Gasteiger partial charge on any atom is -0.302 e. The number of nitrogens with zero attached hydrogens (tertiary/aromatic N) is 2. The summed E-state index contributed by atoms with van der Waals surface area (Å²) in [6.07, 6.45) is 0. The highest BCUT2D eigenvalue weighted by Crippen LogP contribution is 2.13. The molecule has 0 heterocycles. The molecule has 0 bridgehead atoms. The Morgan fingerprint density at radius 1 is 1.57 bits per heavy atom. The molecular formula is C10H11FN2O. The first kappa shape index (κ1) is 10.6. The van der Waals surface area contributed by atoms with Crippen LogP contribution in [0.4, 0.5) is 4.39 Å². The third kappa shape index (κ3) is 2.28. The molecule has 0 fully saturated rings. The van der Waals surface area contributed by atoms with Gasteiger partial charge in [-0.3, -0.25) is 0 Å². The van der Waals surface area contributed by atoms with Crippen molar-refractivity contribution in [3.8, 4) is 6.07 Å². The molecule has 0 aromatic heterocycles. The highest BCUT2D eigenvalue weighted by Gasteiger charge is 2.08. The van der Waals surface area contributed by atoms with E-state index in [2.05, 4.69) is 0 Å². The van der Waals surface area contributed by atoms with E-state index in [1.807, 2.05) is 0 Å². The number of hydroxylamine groups is 2. The van der Waals surface area contributed by atoms with Gasteiger partial charge in [0.2, 0.25) is 0 Å². The number of benzene rings is 1. The molecule has 0 atom stereocenters. The van der Waals surface area contributed by atoms with Crippen molar-refractivity contribution in [1.29, 1.82) is 5.26 Å². The van der Waals surface area contributed by atoms with Crippen molar-refractivity contribution in [2.24, 2.45) is 0 Å². The standard InChI is InChI=1S/C10H11FN2O/c1-13(14-2)7-9-5-3-4-8(6-12)10(9)11/h3-5H,7H2,1-2H3. The van der Waals surface area contributed by atoms with Gasteiger partial charge < -0.3 is 4.84 Å². The SMILES string of the molecule is CON(C)Cc1cccc(C#N)c1F. The molecule has 0 aliphatic rings. The zero-order valence-corrected chi connectivity index (χ0v) is 8.12. The smallest absolute Gasteiger partial charge is 0.145 e. The van der Waals surface area contributed by atoms with E-state index in [0.717, 1.165) is 0 Å². The molecule has 0 amide bonds. The minimum atomic E-state index is -0.473. The van der Waals surface area contributed by atoms with Gasteiger partial charge in [0.25, 0.3) is 0 Å². The van der Waals surface area contributed by atoms with Gasteiger partial charge >= 0.3 is 0 Å². The summed E-state index contributed by atoms with van der Waals surface area (Å²) in [4.78, 5) is 4.87. The highest BCUT2D eigenvalue weighted by atomic mass is 19.1. The Labute approximate surface area is 82.3 Å². The summed E-state index contributed by atoms with van der Waals surface area (Å²) in [7, 11) is 3.20. The first-order chi connectivity index (χ1) is 6.69. The molecular weight excluding hydrogens is 183 g/mol. The fourth-order valence-electron chi connectivity index (χ4n) is 1.09. The lowest BCUT2D eigenvalue weighted by Gasteiger charge is -2.13. The van der Waals surface area contributed by atoms with Crippen LogP contribution in [-0.2, 0) is 11.4 Å². The molecule has 0 spiro atoms. The van der Waals surface area contributed by atoms with Gasteiger partial charge in [-0.05, 0) is 6.07 Å². The van der Waals surface area contributed by atoms with Crippen molar-refractivity contribution in [3.63, 3.8) is 0 Å². The van der Waals surface area contributed by atoms with Gasteiger partial charge in [0.15, 0.2) is 0 Å². The fourth-order valence-corrected chi connectivity index (χ4v) is 1.09. The molecule has 74 valence electrons. The van der Waals surface area contributed by atoms with Gasteiger partial charge in [0.05, 0.1) is 19.2 Å². The fraction of sp³-hybridized carbons (Fsp3) is 0.300. The second-order valence-electron chi connectivity index (χ2n) is 2.86. The average molecular weight is 194 g/mol. The first-order valence-electron chi connectivity index (χ1n) is 4.11. The Kier molecular flexibility index (Phi) is 3.57. The van der Waals surface area contributed by atoms with Crippen molar-refractivity contribution >= 4 is 0 Å². The van der Waals surface area contributed by atoms with Crippen LogP contribution in [0, 0.1) is 17.1 Å². The Balaban J connectivity index is 2.94. The Bertz CT molecular complexity index is 360. The van der Waals surface area contributed by atoms with E-state index in [1.54, 1.807) is 25.2 Å². The quantitative estimate of drug-likeness (QED) is 0.687. The summed E-state index contributed by atoms with van der Waals surface area (Å²) in [5.41, 5.74) is 0.514. The number of nitriles is 1. The average Bonchev–Trinajstić information content (AvgIpc) is 2.21. The largest absolute Gasteiger partial charge is 0.302 e. The first-order valence-corrected chi connectivity index (χ1v) is 4.11. The summed E-state index contributed by atoms with van der Waals surface area (Å²) in [5.74, 6) is -0.473. The van der Waals surface area contributed by atoms with Crippen molar-refractivity contribution in [2.45, 2.75) is 6.54 Å². The molecule has 3 nitrogen and oxygen atoms in total. The van der Waals surface area contributed by atoms with E-state index < -0.39 is 5.82 Å². The number of hydrogen-bond acceptors (Lipinski definition) is 3. The topological polar surface area (TPSA) is 36.3 Å². The number of rotatable bonds is 3. The van der Waals surface area contributed by atoms with Crippen molar-refractivity contribution in [1.82, 2.24) is 5.06 Å². The highest BCUT2D eigenvalue weighted by molar-refractivity contribution is 5.34. The number of halogens is 1. The molecule has 1 aromatic rings. The van der Waals surface area contributed by atoms with Crippen molar-refractivity contribution in [2.75, 3.05) is 14.2 Å². The molecule has 1 aromatic carbocycles. The van der Waals surface area contributed by atoms with Crippen molar-refractivity contribution in [3.05, 3.63) is 35.1 Å². The van der Waals surface area contributed by atoms with Crippen LogP contribution < -0.4 is 0 Å². The van der Waals surface area contributed by atoms with Gasteiger partial charge in [-0.1, -0.05) is 12.1 Å². The number of hydrogen-bond donors (Lipinski definition) is 0. The van der Waals surface area contributed by atoms with Crippen LogP contribution in [0.3, 0.4) is 0 Å². The van der Waals surface area contributed by atoms with Crippen LogP contribution in [0.1, 0.15) is 11.1 Å². The summed E-state index contributed by atoms with van der Waals surface area (Å²) >= 11 is 0. The van der Waals surface area contributed by atoms with E-state index in [9.17, 15) is 4.39 Å². The summed E-state index contributed by atoms with van der Waals surface area (Å²) in [5, 5.41) is 10.1. The van der Waals surface area contributed by atoms with Crippen molar-refractivity contribution < 1.29 is 9.23 Å². The maximum Gasteiger partial charge on any atom is 0.145 e.